The molecule has 8 nitrogen and oxygen atoms in total. The van der Waals surface area contributed by atoms with Crippen LogP contribution in [0.1, 0.15) is 28.9 Å². The summed E-state index contributed by atoms with van der Waals surface area (Å²) in [6.07, 6.45) is 5.91. The zero-order valence-electron chi connectivity index (χ0n) is 18.8. The zero-order chi connectivity index (χ0) is 23.2. The number of aromatic nitrogens is 2. The lowest BCUT2D eigenvalue weighted by molar-refractivity contribution is -0.131. The van der Waals surface area contributed by atoms with Gasteiger partial charge in [0, 0.05) is 68.1 Å². The van der Waals surface area contributed by atoms with E-state index in [1.807, 2.05) is 30.5 Å². The molecule has 0 spiro atoms. The van der Waals surface area contributed by atoms with E-state index in [0.29, 0.717) is 10.9 Å². The second kappa shape index (κ2) is 10.4. The molecule has 1 aromatic carbocycles. The quantitative estimate of drug-likeness (QED) is 0.576. The summed E-state index contributed by atoms with van der Waals surface area (Å²) in [5.41, 5.74) is 1.42. The van der Waals surface area contributed by atoms with E-state index in [4.69, 9.17) is 0 Å². The monoisotopic (exact) mass is 447 g/mol. The Morgan fingerprint density at radius 1 is 1.15 bits per heavy atom. The van der Waals surface area contributed by atoms with Crippen LogP contribution in [-0.2, 0) is 11.2 Å². The van der Waals surface area contributed by atoms with Crippen LogP contribution in [0.3, 0.4) is 0 Å². The lowest BCUT2D eigenvalue weighted by Crippen LogP contribution is -2.48. The molecule has 0 aliphatic carbocycles. The van der Waals surface area contributed by atoms with Crippen LogP contribution in [0.4, 0.5) is 0 Å². The van der Waals surface area contributed by atoms with Crippen molar-refractivity contribution in [1.29, 1.82) is 0 Å². The van der Waals surface area contributed by atoms with Gasteiger partial charge in [-0.1, -0.05) is 18.2 Å². The first-order valence-corrected chi connectivity index (χ1v) is 11.3. The number of nitrogens with one attached hydrogen (secondary N) is 2. The average molecular weight is 448 g/mol. The number of para-hydroxylation sites is 1. The van der Waals surface area contributed by atoms with Gasteiger partial charge in [-0.2, -0.15) is 0 Å². The highest BCUT2D eigenvalue weighted by molar-refractivity contribution is 5.98. The van der Waals surface area contributed by atoms with Crippen molar-refractivity contribution in [3.8, 4) is 0 Å². The third-order valence-electron chi connectivity index (χ3n) is 6.34. The Morgan fingerprint density at radius 2 is 1.91 bits per heavy atom. The molecule has 33 heavy (non-hydrogen) atoms. The van der Waals surface area contributed by atoms with Crippen molar-refractivity contribution in [3.05, 3.63) is 76.3 Å². The van der Waals surface area contributed by atoms with Crippen LogP contribution in [0.25, 0.3) is 10.9 Å². The molecule has 8 heteroatoms. The van der Waals surface area contributed by atoms with Gasteiger partial charge in [0.2, 0.25) is 11.3 Å². The van der Waals surface area contributed by atoms with Crippen LogP contribution < -0.4 is 10.7 Å². The SMILES string of the molecule is CN(C(=O)CNC(=O)c1c[nH]c2ccccc2c1=O)C1CCN(CCc2ccccn2)CC1. The molecule has 0 atom stereocenters. The van der Waals surface area contributed by atoms with Gasteiger partial charge in [-0.3, -0.25) is 19.4 Å². The Balaban J connectivity index is 1.25. The Morgan fingerprint density at radius 3 is 2.67 bits per heavy atom. The van der Waals surface area contributed by atoms with Crippen LogP contribution in [0.15, 0.2) is 59.7 Å². The number of likely N-dealkylation sites (tertiary alicyclic amines) is 1. The fourth-order valence-corrected chi connectivity index (χ4v) is 4.26. The normalized spacial score (nSPS) is 14.8. The Labute approximate surface area is 192 Å². The first kappa shape index (κ1) is 22.7. The van der Waals surface area contributed by atoms with Crippen LogP contribution in [0.5, 0.6) is 0 Å². The average Bonchev–Trinajstić information content (AvgIpc) is 2.86. The van der Waals surface area contributed by atoms with Crippen molar-refractivity contribution in [2.45, 2.75) is 25.3 Å². The van der Waals surface area contributed by atoms with Crippen molar-refractivity contribution in [2.24, 2.45) is 0 Å². The third-order valence-corrected chi connectivity index (χ3v) is 6.34. The molecule has 1 aliphatic rings. The van der Waals surface area contributed by atoms with Crippen molar-refractivity contribution in [2.75, 3.05) is 33.2 Å². The fraction of sp³-hybridized carbons (Fsp3) is 0.360. The first-order valence-electron chi connectivity index (χ1n) is 11.3. The van der Waals surface area contributed by atoms with E-state index in [1.54, 1.807) is 30.1 Å². The third kappa shape index (κ3) is 5.46. The number of benzene rings is 1. The predicted molar refractivity (Wildman–Crippen MR) is 127 cm³/mol. The number of pyridine rings is 2. The number of fused-ring (bicyclic) bond motifs is 1. The number of nitrogens with zero attached hydrogens (tertiary/aromatic N) is 3. The summed E-state index contributed by atoms with van der Waals surface area (Å²) in [6, 6.07) is 13.1. The van der Waals surface area contributed by atoms with Gasteiger partial charge in [0.15, 0.2) is 0 Å². The number of rotatable bonds is 7. The minimum absolute atomic E-state index is 0.00497. The van der Waals surface area contributed by atoms with E-state index < -0.39 is 5.91 Å². The Hall–Kier alpha value is -3.52. The maximum Gasteiger partial charge on any atom is 0.257 e. The number of hydrogen-bond donors (Lipinski definition) is 2. The molecule has 2 amide bonds. The molecule has 3 aromatic rings. The Kier molecular flexibility index (Phi) is 7.14. The largest absolute Gasteiger partial charge is 0.360 e. The molecule has 1 saturated heterocycles. The summed E-state index contributed by atoms with van der Waals surface area (Å²) in [4.78, 5) is 49.2. The van der Waals surface area contributed by atoms with Crippen LogP contribution in [0.2, 0.25) is 0 Å². The van der Waals surface area contributed by atoms with Gasteiger partial charge in [-0.15, -0.1) is 0 Å². The highest BCUT2D eigenvalue weighted by atomic mass is 16.2. The zero-order valence-corrected chi connectivity index (χ0v) is 18.8. The van der Waals surface area contributed by atoms with Crippen molar-refractivity contribution < 1.29 is 9.59 Å². The number of aromatic amines is 1. The van der Waals surface area contributed by atoms with E-state index in [-0.39, 0.29) is 29.5 Å². The van der Waals surface area contributed by atoms with Gasteiger partial charge < -0.3 is 20.1 Å². The van der Waals surface area contributed by atoms with E-state index in [0.717, 1.165) is 44.6 Å². The number of likely N-dealkylation sites (N-methyl/N-ethyl adjacent to an activating group) is 1. The number of piperidine rings is 1. The topological polar surface area (TPSA) is 98.4 Å². The second-order valence-electron chi connectivity index (χ2n) is 8.41. The molecule has 1 fully saturated rings. The molecule has 2 N–H and O–H groups in total. The molecule has 0 saturated carbocycles. The van der Waals surface area contributed by atoms with Gasteiger partial charge in [0.25, 0.3) is 5.91 Å². The van der Waals surface area contributed by atoms with E-state index in [9.17, 15) is 14.4 Å². The molecule has 2 aromatic heterocycles. The molecule has 4 rings (SSSR count). The highest BCUT2D eigenvalue weighted by Crippen LogP contribution is 2.16. The maximum atomic E-state index is 12.7. The molecule has 0 radical (unpaired) electrons. The lowest BCUT2D eigenvalue weighted by Gasteiger charge is -2.36. The first-order chi connectivity index (χ1) is 16.0. The second-order valence-corrected chi connectivity index (χ2v) is 8.41. The summed E-state index contributed by atoms with van der Waals surface area (Å²) in [6.45, 7) is 2.67. The molecule has 0 bridgehead atoms. The Bertz CT molecular complexity index is 1170. The van der Waals surface area contributed by atoms with Gasteiger partial charge in [0.1, 0.15) is 5.56 Å². The fourth-order valence-electron chi connectivity index (χ4n) is 4.26. The van der Waals surface area contributed by atoms with Crippen LogP contribution in [-0.4, -0.2) is 70.9 Å². The molecule has 0 unspecified atom stereocenters. The number of H-pyrrole nitrogens is 1. The van der Waals surface area contributed by atoms with E-state index >= 15 is 0 Å². The molecular weight excluding hydrogens is 418 g/mol. The molecular formula is C25H29N5O3. The summed E-state index contributed by atoms with van der Waals surface area (Å²) in [5, 5.41) is 3.05. The summed E-state index contributed by atoms with van der Waals surface area (Å²) in [5.74, 6) is -0.708. The maximum absolute atomic E-state index is 12.7. The highest BCUT2D eigenvalue weighted by Gasteiger charge is 2.25. The van der Waals surface area contributed by atoms with Crippen LogP contribution in [0, 0.1) is 0 Å². The minimum Gasteiger partial charge on any atom is -0.360 e. The predicted octanol–water partition coefficient (Wildman–Crippen LogP) is 1.82. The summed E-state index contributed by atoms with van der Waals surface area (Å²) >= 11 is 0. The molecule has 3 heterocycles. The van der Waals surface area contributed by atoms with Crippen LogP contribution >= 0.6 is 0 Å². The minimum atomic E-state index is -0.548. The van der Waals surface area contributed by atoms with Crippen molar-refractivity contribution >= 4 is 22.7 Å². The number of hydrogen-bond acceptors (Lipinski definition) is 5. The smallest absolute Gasteiger partial charge is 0.257 e. The van der Waals surface area contributed by atoms with Crippen molar-refractivity contribution in [3.63, 3.8) is 0 Å². The number of carbonyl (C=O) groups excluding carboxylic acids is 2. The lowest BCUT2D eigenvalue weighted by atomic mass is 10.0. The summed E-state index contributed by atoms with van der Waals surface area (Å²) in [7, 11) is 1.78. The van der Waals surface area contributed by atoms with Crippen molar-refractivity contribution in [1.82, 2.24) is 25.1 Å². The standard InChI is InChI=1S/C25H29N5O3/c1-29(19-10-14-30(15-11-19)13-9-18-6-4-5-12-26-18)23(31)17-28-25(33)21-16-27-22-8-3-2-7-20(22)24(21)32/h2-8,12,16,19H,9-11,13-15,17H2,1H3,(H,27,32)(H,28,33). The summed E-state index contributed by atoms with van der Waals surface area (Å²) < 4.78 is 0. The van der Waals surface area contributed by atoms with Gasteiger partial charge in [0.05, 0.1) is 6.54 Å². The molecule has 1 aliphatic heterocycles. The van der Waals surface area contributed by atoms with Gasteiger partial charge in [-0.25, -0.2) is 0 Å². The number of carbonyl (C=O) groups is 2. The number of amides is 2. The van der Waals surface area contributed by atoms with Gasteiger partial charge in [-0.05, 0) is 37.1 Å². The van der Waals surface area contributed by atoms with E-state index in [1.165, 1.54) is 6.20 Å². The van der Waals surface area contributed by atoms with Gasteiger partial charge >= 0.3 is 0 Å². The van der Waals surface area contributed by atoms with E-state index in [2.05, 4.69) is 20.2 Å². The molecule has 172 valence electrons.